The lowest BCUT2D eigenvalue weighted by Crippen LogP contribution is -2.02. The highest BCUT2D eigenvalue weighted by atomic mass is 35.5. The van der Waals surface area contributed by atoms with Crippen molar-refractivity contribution in [2.75, 3.05) is 0 Å². The zero-order valence-corrected chi connectivity index (χ0v) is 12.4. The van der Waals surface area contributed by atoms with Crippen LogP contribution in [0.5, 0.6) is 5.75 Å². The summed E-state index contributed by atoms with van der Waals surface area (Å²) in [6.07, 6.45) is 5.55. The van der Waals surface area contributed by atoms with Crippen molar-refractivity contribution in [3.63, 3.8) is 0 Å². The van der Waals surface area contributed by atoms with E-state index in [1.54, 1.807) is 0 Å². The summed E-state index contributed by atoms with van der Waals surface area (Å²) in [5.41, 5.74) is 1.71. The molecule has 0 unspecified atom stereocenters. The Balaban J connectivity index is 2.13. The maximum Gasteiger partial charge on any atom is 0.232 e. The maximum absolute atomic E-state index is 13.5. The first-order chi connectivity index (χ1) is 10.2. The molecule has 0 aliphatic carbocycles. The van der Waals surface area contributed by atoms with Gasteiger partial charge in [-0.15, -0.1) is 6.58 Å². The molecule has 0 aliphatic rings. The molecule has 0 bridgehead atoms. The number of unbranched alkanes of at least 4 members (excludes halogenated alkanes) is 1. The van der Waals surface area contributed by atoms with Crippen LogP contribution in [0, 0.1) is 5.95 Å². The molecule has 0 saturated carbocycles. The van der Waals surface area contributed by atoms with Gasteiger partial charge in [-0.1, -0.05) is 48.0 Å². The summed E-state index contributed by atoms with van der Waals surface area (Å²) in [6.45, 7) is 4.08. The number of benzene rings is 1. The predicted octanol–water partition coefficient (Wildman–Crippen LogP) is 4.96. The van der Waals surface area contributed by atoms with Crippen LogP contribution in [0.1, 0.15) is 24.0 Å². The van der Waals surface area contributed by atoms with Crippen LogP contribution in [0.2, 0.25) is 5.02 Å². The number of pyridine rings is 1. The van der Waals surface area contributed by atoms with Gasteiger partial charge in [0.1, 0.15) is 17.4 Å². The molecule has 0 atom stereocenters. The molecule has 1 heterocycles. The summed E-state index contributed by atoms with van der Waals surface area (Å²) in [4.78, 5) is 3.64. The zero-order valence-electron chi connectivity index (χ0n) is 11.7. The second-order valence-corrected chi connectivity index (χ2v) is 5.04. The third kappa shape index (κ3) is 4.30. The first-order valence-electron chi connectivity index (χ1n) is 6.83. The van der Waals surface area contributed by atoms with Crippen molar-refractivity contribution in [1.82, 2.24) is 4.98 Å². The second-order valence-electron chi connectivity index (χ2n) is 4.66. The van der Waals surface area contributed by atoms with Crippen molar-refractivity contribution in [1.29, 1.82) is 0 Å². The van der Waals surface area contributed by atoms with Crippen molar-refractivity contribution in [3.8, 4) is 5.75 Å². The highest BCUT2D eigenvalue weighted by molar-refractivity contribution is 6.31. The molecule has 21 heavy (non-hydrogen) atoms. The monoisotopic (exact) mass is 305 g/mol. The summed E-state index contributed by atoms with van der Waals surface area (Å²) in [7, 11) is 0. The van der Waals surface area contributed by atoms with Crippen molar-refractivity contribution in [2.24, 2.45) is 0 Å². The number of aromatic nitrogens is 1. The Morgan fingerprint density at radius 1 is 1.29 bits per heavy atom. The molecule has 0 spiro atoms. The van der Waals surface area contributed by atoms with Crippen LogP contribution >= 0.6 is 11.6 Å². The van der Waals surface area contributed by atoms with E-state index in [0.717, 1.165) is 18.4 Å². The quantitative estimate of drug-likeness (QED) is 0.410. The fourth-order valence-electron chi connectivity index (χ4n) is 2.00. The van der Waals surface area contributed by atoms with Gasteiger partial charge in [0.2, 0.25) is 5.95 Å². The minimum Gasteiger partial charge on any atom is -0.487 e. The molecular formula is C17H17ClFNO. The summed E-state index contributed by atoms with van der Waals surface area (Å²) in [6, 6.07) is 9.77. The highest BCUT2D eigenvalue weighted by Crippen LogP contribution is 2.29. The van der Waals surface area contributed by atoms with Crippen LogP contribution in [0.3, 0.4) is 0 Å². The Morgan fingerprint density at radius 3 is 2.76 bits per heavy atom. The highest BCUT2D eigenvalue weighted by Gasteiger charge is 2.14. The first-order valence-corrected chi connectivity index (χ1v) is 7.20. The van der Waals surface area contributed by atoms with E-state index < -0.39 is 5.95 Å². The molecule has 0 aliphatic heterocycles. The number of allylic oxidation sites excluding steroid dienone is 1. The van der Waals surface area contributed by atoms with E-state index in [1.807, 2.05) is 36.4 Å². The summed E-state index contributed by atoms with van der Waals surface area (Å²) < 4.78 is 19.3. The molecule has 0 N–H and O–H groups in total. The van der Waals surface area contributed by atoms with Gasteiger partial charge < -0.3 is 4.74 Å². The Morgan fingerprint density at radius 2 is 2.05 bits per heavy atom. The van der Waals surface area contributed by atoms with E-state index in [-0.39, 0.29) is 5.02 Å². The number of nitrogens with zero attached hydrogens (tertiary/aromatic N) is 1. The summed E-state index contributed by atoms with van der Waals surface area (Å²) in [5.74, 6) is -0.119. The second kappa shape index (κ2) is 7.79. The van der Waals surface area contributed by atoms with Crippen LogP contribution in [0.15, 0.2) is 49.2 Å². The SMILES string of the molecule is C=CCCCc1c(OCc2ccccc2)cnc(F)c1Cl. The lowest BCUT2D eigenvalue weighted by molar-refractivity contribution is 0.300. The maximum atomic E-state index is 13.5. The molecule has 1 aromatic carbocycles. The van der Waals surface area contributed by atoms with Crippen LogP contribution in [-0.4, -0.2) is 4.98 Å². The molecule has 110 valence electrons. The normalized spacial score (nSPS) is 10.4. The van der Waals surface area contributed by atoms with Crippen LogP contribution in [-0.2, 0) is 13.0 Å². The zero-order chi connectivity index (χ0) is 15.1. The van der Waals surface area contributed by atoms with Crippen molar-refractivity contribution in [3.05, 3.63) is 71.3 Å². The average molecular weight is 306 g/mol. The number of halogens is 2. The minimum atomic E-state index is -0.655. The average Bonchev–Trinajstić information content (AvgIpc) is 2.52. The van der Waals surface area contributed by atoms with Gasteiger partial charge in [0.05, 0.1) is 6.20 Å². The molecule has 0 amide bonds. The lowest BCUT2D eigenvalue weighted by Gasteiger charge is -2.13. The Labute approximate surface area is 129 Å². The summed E-state index contributed by atoms with van der Waals surface area (Å²) in [5, 5.41) is 0.0459. The minimum absolute atomic E-state index is 0.0459. The fraction of sp³-hybridized carbons (Fsp3) is 0.235. The predicted molar refractivity (Wildman–Crippen MR) is 83.1 cm³/mol. The molecule has 0 saturated heterocycles. The van der Waals surface area contributed by atoms with Gasteiger partial charge in [-0.25, -0.2) is 4.98 Å². The van der Waals surface area contributed by atoms with Gasteiger partial charge in [-0.3, -0.25) is 0 Å². The topological polar surface area (TPSA) is 22.1 Å². The lowest BCUT2D eigenvalue weighted by atomic mass is 10.1. The van der Waals surface area contributed by atoms with E-state index in [0.29, 0.717) is 24.3 Å². The van der Waals surface area contributed by atoms with E-state index in [1.165, 1.54) is 6.20 Å². The van der Waals surface area contributed by atoms with E-state index in [4.69, 9.17) is 16.3 Å². The number of rotatable bonds is 7. The van der Waals surface area contributed by atoms with Gasteiger partial charge in [0.25, 0.3) is 0 Å². The van der Waals surface area contributed by atoms with Crippen molar-refractivity contribution >= 4 is 11.6 Å². The van der Waals surface area contributed by atoms with E-state index in [9.17, 15) is 4.39 Å². The van der Waals surface area contributed by atoms with Gasteiger partial charge >= 0.3 is 0 Å². The largest absolute Gasteiger partial charge is 0.487 e. The molecule has 2 aromatic rings. The smallest absolute Gasteiger partial charge is 0.232 e. The molecule has 0 radical (unpaired) electrons. The Kier molecular flexibility index (Phi) is 5.76. The van der Waals surface area contributed by atoms with Crippen LogP contribution in [0.25, 0.3) is 0 Å². The number of hydrogen-bond acceptors (Lipinski definition) is 2. The van der Waals surface area contributed by atoms with E-state index in [2.05, 4.69) is 11.6 Å². The summed E-state index contributed by atoms with van der Waals surface area (Å²) >= 11 is 6.02. The molecule has 1 aromatic heterocycles. The number of hydrogen-bond donors (Lipinski definition) is 0. The number of ether oxygens (including phenoxy) is 1. The Bertz CT molecular complexity index is 601. The van der Waals surface area contributed by atoms with Gasteiger partial charge in [-0.05, 0) is 24.8 Å². The first kappa shape index (κ1) is 15.5. The van der Waals surface area contributed by atoms with Crippen LogP contribution in [0.4, 0.5) is 4.39 Å². The molecule has 2 rings (SSSR count). The standard InChI is InChI=1S/C17H17ClFNO/c1-2-3-5-10-14-15(11-20-17(19)16(14)18)21-12-13-8-6-4-7-9-13/h2,4,6-9,11H,1,3,5,10,12H2. The molecule has 4 heteroatoms. The third-order valence-corrected chi connectivity index (χ3v) is 3.49. The van der Waals surface area contributed by atoms with Crippen molar-refractivity contribution < 1.29 is 9.13 Å². The van der Waals surface area contributed by atoms with Crippen molar-refractivity contribution in [2.45, 2.75) is 25.9 Å². The molecule has 0 fully saturated rings. The van der Waals surface area contributed by atoms with Gasteiger partial charge in [-0.2, -0.15) is 4.39 Å². The van der Waals surface area contributed by atoms with Crippen LogP contribution < -0.4 is 4.74 Å². The Hall–Kier alpha value is -1.87. The molecular weight excluding hydrogens is 289 g/mol. The van der Waals surface area contributed by atoms with Gasteiger partial charge in [0, 0.05) is 5.56 Å². The van der Waals surface area contributed by atoms with Gasteiger partial charge in [0.15, 0.2) is 0 Å². The fourth-order valence-corrected chi connectivity index (χ4v) is 2.23. The third-order valence-electron chi connectivity index (χ3n) is 3.11. The molecule has 2 nitrogen and oxygen atoms in total. The van der Waals surface area contributed by atoms with E-state index >= 15 is 0 Å².